The molecule has 0 saturated carbocycles. The summed E-state index contributed by atoms with van der Waals surface area (Å²) in [5.41, 5.74) is 17.6. The van der Waals surface area contributed by atoms with E-state index in [1.165, 1.54) is 5.01 Å². The van der Waals surface area contributed by atoms with Gasteiger partial charge in [0.25, 0.3) is 11.7 Å². The first-order chi connectivity index (χ1) is 14.7. The van der Waals surface area contributed by atoms with E-state index in [1.54, 1.807) is 12.3 Å². The van der Waals surface area contributed by atoms with Gasteiger partial charge in [0.05, 0.1) is 17.1 Å². The Hall–Kier alpha value is -3.65. The summed E-state index contributed by atoms with van der Waals surface area (Å²) in [6.07, 6.45) is 4.48. The molecule has 0 fully saturated rings. The van der Waals surface area contributed by atoms with E-state index < -0.39 is 18.2 Å². The number of nitrogens with two attached hydrogens (primary N) is 3. The quantitative estimate of drug-likeness (QED) is 0.156. The number of carbonyl (C=O) groups is 1. The van der Waals surface area contributed by atoms with Crippen LogP contribution in [0, 0.1) is 4.91 Å². The van der Waals surface area contributed by atoms with Gasteiger partial charge in [-0.2, -0.15) is 4.98 Å². The number of hydrazine groups is 1. The lowest BCUT2D eigenvalue weighted by Gasteiger charge is -2.27. The van der Waals surface area contributed by atoms with E-state index in [9.17, 15) is 14.5 Å². The molecule has 1 aromatic rings. The Morgan fingerprint density at radius 3 is 2.87 bits per heavy atom. The molecular formula is C17H27N10O4+. The first-order valence-electron chi connectivity index (χ1n) is 9.74. The van der Waals surface area contributed by atoms with Crippen molar-refractivity contribution in [3.63, 3.8) is 0 Å². The maximum absolute atomic E-state index is 12.3. The van der Waals surface area contributed by atoms with E-state index >= 15 is 0 Å². The fraction of sp³-hybridized carbons (Fsp3) is 0.471. The third-order valence-corrected chi connectivity index (χ3v) is 4.91. The second-order valence-electron chi connectivity index (χ2n) is 7.27. The highest BCUT2D eigenvalue weighted by atomic mass is 16.4. The number of allylic oxidation sites excluding steroid dienone is 1. The standard InChI is InChI=1S/C17H26N10O4/c18-11(16(29)30)1-2-12(19)27(31)26-5-3-9(4-6-26)21-7-10-8-22-14-13(23-10)15(28)25-17(20)24-14/h3-5,10-12,21,23H,1-2,6-8,18-19H2,(H4-,20,22,24,25,28,29,30)/p+1/t10?,11-,12?/m0/s1. The summed E-state index contributed by atoms with van der Waals surface area (Å²) in [6.45, 7) is 1.35. The summed E-state index contributed by atoms with van der Waals surface area (Å²) < 4.78 is 0. The fourth-order valence-electron chi connectivity index (χ4n) is 3.13. The predicted molar refractivity (Wildman–Crippen MR) is 114 cm³/mol. The molecule has 0 spiro atoms. The first kappa shape index (κ1) is 22.0. The lowest BCUT2D eigenvalue weighted by atomic mass is 10.1. The average Bonchev–Trinajstić information content (AvgIpc) is 2.75. The number of rotatable bonds is 9. The summed E-state index contributed by atoms with van der Waals surface area (Å²) in [4.78, 5) is 42.2. The molecule has 14 heteroatoms. The van der Waals surface area contributed by atoms with Crippen LogP contribution in [0.1, 0.15) is 12.8 Å². The Labute approximate surface area is 177 Å². The summed E-state index contributed by atoms with van der Waals surface area (Å²) in [6, 6.07) is -1.13. The highest BCUT2D eigenvalue weighted by Gasteiger charge is 2.29. The minimum Gasteiger partial charge on any atom is -0.480 e. The Morgan fingerprint density at radius 1 is 1.42 bits per heavy atom. The molecule has 168 valence electrons. The van der Waals surface area contributed by atoms with E-state index in [0.29, 0.717) is 36.0 Å². The normalized spacial score (nSPS) is 19.4. The zero-order valence-corrected chi connectivity index (χ0v) is 16.7. The van der Waals surface area contributed by atoms with E-state index in [1.807, 2.05) is 6.08 Å². The number of carboxylic acids is 1. The van der Waals surface area contributed by atoms with Gasteiger partial charge in [0.15, 0.2) is 5.82 Å². The van der Waals surface area contributed by atoms with Crippen LogP contribution in [0.3, 0.4) is 0 Å². The topological polar surface area (TPSA) is 221 Å². The highest BCUT2D eigenvalue weighted by molar-refractivity contribution is 5.72. The van der Waals surface area contributed by atoms with Gasteiger partial charge in [0.2, 0.25) is 5.95 Å². The molecule has 14 nitrogen and oxygen atoms in total. The molecule has 31 heavy (non-hydrogen) atoms. The molecule has 0 aliphatic carbocycles. The van der Waals surface area contributed by atoms with Gasteiger partial charge in [-0.1, -0.05) is 0 Å². The summed E-state index contributed by atoms with van der Waals surface area (Å²) in [5.74, 6) is -0.660. The van der Waals surface area contributed by atoms with Crippen molar-refractivity contribution in [2.24, 2.45) is 11.5 Å². The lowest BCUT2D eigenvalue weighted by molar-refractivity contribution is -0.721. The fourth-order valence-corrected chi connectivity index (χ4v) is 3.13. The van der Waals surface area contributed by atoms with E-state index in [0.717, 1.165) is 5.70 Å². The van der Waals surface area contributed by atoms with Crippen LogP contribution in [-0.2, 0) is 4.79 Å². The number of nitrogen functional groups attached to an aromatic ring is 1. The van der Waals surface area contributed by atoms with Crippen molar-refractivity contribution in [1.29, 1.82) is 0 Å². The number of nitrogens with one attached hydrogen (secondary N) is 4. The van der Waals surface area contributed by atoms with Gasteiger partial charge in [-0.15, -0.1) is 5.01 Å². The minimum atomic E-state index is -1.13. The number of anilines is 3. The lowest BCUT2D eigenvalue weighted by Crippen LogP contribution is -2.45. The van der Waals surface area contributed by atoms with E-state index in [4.69, 9.17) is 22.3 Å². The summed E-state index contributed by atoms with van der Waals surface area (Å²) >= 11 is 0. The Kier molecular flexibility index (Phi) is 6.71. The molecular weight excluding hydrogens is 408 g/mol. The molecule has 0 aromatic carbocycles. The molecule has 3 rings (SSSR count). The number of aromatic nitrogens is 2. The van der Waals surface area contributed by atoms with Crippen molar-refractivity contribution >= 4 is 23.4 Å². The van der Waals surface area contributed by atoms with Crippen LogP contribution in [0.4, 0.5) is 17.5 Å². The number of hydrogen-bond acceptors (Lipinski definition) is 10. The van der Waals surface area contributed by atoms with Crippen molar-refractivity contribution in [1.82, 2.24) is 20.3 Å². The van der Waals surface area contributed by atoms with Crippen molar-refractivity contribution < 1.29 is 14.8 Å². The molecule has 1 aromatic heterocycles. The van der Waals surface area contributed by atoms with Crippen LogP contribution in [0.15, 0.2) is 28.8 Å². The molecule has 3 atom stereocenters. The number of hydrogen-bond donors (Lipinski definition) is 8. The van der Waals surface area contributed by atoms with Gasteiger partial charge in [0.1, 0.15) is 23.1 Å². The number of nitroso groups, excluding NO2 is 1. The van der Waals surface area contributed by atoms with Gasteiger partial charge in [-0.3, -0.25) is 20.3 Å². The van der Waals surface area contributed by atoms with Crippen molar-refractivity contribution in [3.05, 3.63) is 39.3 Å². The van der Waals surface area contributed by atoms with Crippen LogP contribution in [0.5, 0.6) is 0 Å². The second kappa shape index (κ2) is 9.44. The number of carboxylic acid groups (broad SMARTS) is 1. The van der Waals surface area contributed by atoms with Crippen LogP contribution < -0.4 is 38.7 Å². The van der Waals surface area contributed by atoms with Crippen molar-refractivity contribution in [3.8, 4) is 0 Å². The molecule has 0 bridgehead atoms. The van der Waals surface area contributed by atoms with Crippen LogP contribution in [0.2, 0.25) is 0 Å². The van der Waals surface area contributed by atoms with Crippen molar-refractivity contribution in [2.75, 3.05) is 36.0 Å². The Balaban J connectivity index is 1.46. The number of aliphatic carboxylic acids is 1. The highest BCUT2D eigenvalue weighted by Crippen LogP contribution is 2.19. The number of nitrogens with zero attached hydrogens (tertiary/aromatic N) is 3. The molecule has 0 saturated heterocycles. The molecule has 0 amide bonds. The van der Waals surface area contributed by atoms with Crippen LogP contribution in [0.25, 0.3) is 0 Å². The SMILES string of the molecule is Nc1nc2c(c(=O)[nH]1)NC(CNC1=CCN([N+](=O)C(N)CC[C@H](N)C(=O)O)C=C1)CN2. The molecule has 11 N–H and O–H groups in total. The average molecular weight is 435 g/mol. The van der Waals surface area contributed by atoms with E-state index in [-0.39, 0.29) is 30.4 Å². The zero-order valence-electron chi connectivity index (χ0n) is 16.7. The van der Waals surface area contributed by atoms with Crippen molar-refractivity contribution in [2.45, 2.75) is 31.1 Å². The van der Waals surface area contributed by atoms with Gasteiger partial charge in [-0.25, -0.2) is 0 Å². The maximum Gasteiger partial charge on any atom is 0.320 e. The molecule has 2 unspecified atom stereocenters. The number of fused-ring (bicyclic) bond motifs is 1. The molecule has 3 heterocycles. The molecule has 2 aliphatic rings. The van der Waals surface area contributed by atoms with Crippen LogP contribution in [-0.4, -0.2) is 68.8 Å². The van der Waals surface area contributed by atoms with Gasteiger partial charge in [0, 0.05) is 25.2 Å². The first-order valence-corrected chi connectivity index (χ1v) is 9.74. The largest absolute Gasteiger partial charge is 0.480 e. The molecule has 0 radical (unpaired) electrons. The van der Waals surface area contributed by atoms with Gasteiger partial charge in [-0.05, 0) is 18.6 Å². The third-order valence-electron chi connectivity index (χ3n) is 4.91. The minimum absolute atomic E-state index is 0.0496. The molecule has 2 aliphatic heterocycles. The smallest absolute Gasteiger partial charge is 0.320 e. The monoisotopic (exact) mass is 435 g/mol. The second-order valence-corrected chi connectivity index (χ2v) is 7.27. The Bertz CT molecular complexity index is 959. The summed E-state index contributed by atoms with van der Waals surface area (Å²) in [5, 5.41) is 19.6. The summed E-state index contributed by atoms with van der Waals surface area (Å²) in [7, 11) is 0. The maximum atomic E-state index is 12.3. The van der Waals surface area contributed by atoms with Gasteiger partial charge < -0.3 is 32.5 Å². The van der Waals surface area contributed by atoms with Gasteiger partial charge >= 0.3 is 5.97 Å². The van der Waals surface area contributed by atoms with Crippen LogP contribution >= 0.6 is 0 Å². The zero-order chi connectivity index (χ0) is 22.5. The number of aromatic amines is 1. The van der Waals surface area contributed by atoms with E-state index in [2.05, 4.69) is 25.9 Å². The predicted octanol–water partition coefficient (Wildman–Crippen LogP) is -1.97. The Morgan fingerprint density at radius 2 is 2.19 bits per heavy atom. The third kappa shape index (κ3) is 5.49. The number of H-pyrrole nitrogens is 1.